The SMILES string of the molecule is COc1ccc(CN(Cc2ccc(OC)cc2)c2ncc(-c3nc(N4CCOCC4)nc4c3CCN4c3ccc(CCC(=O)N4CCN(C)CC4)cc3)cn2)cc1. The molecular weight excluding hydrogens is 719 g/mol. The zero-order valence-electron chi connectivity index (χ0n) is 33.1. The van der Waals surface area contributed by atoms with Crippen LogP contribution in [0.5, 0.6) is 11.5 Å². The number of aromatic nitrogens is 4. The summed E-state index contributed by atoms with van der Waals surface area (Å²) in [4.78, 5) is 44.1. The third kappa shape index (κ3) is 8.95. The summed E-state index contributed by atoms with van der Waals surface area (Å²) in [6.07, 6.45) is 5.83. The third-order valence-electron chi connectivity index (χ3n) is 11.1. The molecule has 0 spiro atoms. The lowest BCUT2D eigenvalue weighted by molar-refractivity contribution is -0.132. The first kappa shape index (κ1) is 38.1. The molecule has 3 aliphatic rings. The summed E-state index contributed by atoms with van der Waals surface area (Å²) in [7, 11) is 5.46. The van der Waals surface area contributed by atoms with E-state index in [4.69, 9.17) is 34.1 Å². The molecule has 0 unspecified atom stereocenters. The van der Waals surface area contributed by atoms with E-state index in [0.717, 1.165) is 115 Å². The molecule has 0 bridgehead atoms. The molecule has 3 aliphatic heterocycles. The maximum Gasteiger partial charge on any atom is 0.228 e. The van der Waals surface area contributed by atoms with Crippen molar-refractivity contribution in [2.24, 2.45) is 0 Å². The number of fused-ring (bicyclic) bond motifs is 1. The Balaban J connectivity index is 1.05. The van der Waals surface area contributed by atoms with Crippen LogP contribution >= 0.6 is 0 Å². The van der Waals surface area contributed by atoms with Crippen molar-refractivity contribution < 1.29 is 19.0 Å². The predicted molar refractivity (Wildman–Crippen MR) is 222 cm³/mol. The zero-order chi connectivity index (χ0) is 39.1. The lowest BCUT2D eigenvalue weighted by atomic mass is 10.1. The second-order valence-corrected chi connectivity index (χ2v) is 14.8. The Bertz CT molecular complexity index is 2050. The van der Waals surface area contributed by atoms with E-state index in [-0.39, 0.29) is 5.91 Å². The fourth-order valence-electron chi connectivity index (χ4n) is 7.65. The second kappa shape index (κ2) is 17.6. The standard InChI is InChI=1S/C44H51N9O4/c1-49-20-22-50(23-21-49)40(54)17-10-32-4-11-36(12-5-32)53-19-18-39-41(47-44(48-42(39)53)51-24-26-57-27-25-51)35-28-45-43(46-29-35)52(30-33-6-13-37(55-2)14-7-33)31-34-8-15-38(56-3)16-9-34/h4-9,11-16,28-29H,10,17-27,30-31H2,1-3H3. The highest BCUT2D eigenvalue weighted by Gasteiger charge is 2.30. The number of hydrogen-bond acceptors (Lipinski definition) is 12. The van der Waals surface area contributed by atoms with E-state index in [1.54, 1.807) is 14.2 Å². The monoisotopic (exact) mass is 769 g/mol. The molecule has 5 heterocycles. The summed E-state index contributed by atoms with van der Waals surface area (Å²) in [6.45, 7) is 8.20. The van der Waals surface area contributed by atoms with Gasteiger partial charge in [0.25, 0.3) is 0 Å². The van der Waals surface area contributed by atoms with Crippen LogP contribution in [0, 0.1) is 0 Å². The molecular formula is C44H51N9O4. The van der Waals surface area contributed by atoms with Gasteiger partial charge in [0.2, 0.25) is 17.8 Å². The quantitative estimate of drug-likeness (QED) is 0.153. The van der Waals surface area contributed by atoms with Crippen LogP contribution < -0.4 is 24.2 Å². The normalized spacial score (nSPS) is 15.7. The van der Waals surface area contributed by atoms with Gasteiger partial charge >= 0.3 is 0 Å². The zero-order valence-corrected chi connectivity index (χ0v) is 33.1. The summed E-state index contributed by atoms with van der Waals surface area (Å²) in [5.41, 5.74) is 7.25. The summed E-state index contributed by atoms with van der Waals surface area (Å²) in [5, 5.41) is 0. The van der Waals surface area contributed by atoms with Gasteiger partial charge in [0.05, 0.1) is 33.1 Å². The molecule has 2 aromatic heterocycles. The van der Waals surface area contributed by atoms with E-state index in [1.807, 2.05) is 41.6 Å². The van der Waals surface area contributed by atoms with Crippen LogP contribution in [-0.2, 0) is 35.5 Å². The van der Waals surface area contributed by atoms with Crippen LogP contribution in [0.15, 0.2) is 85.2 Å². The summed E-state index contributed by atoms with van der Waals surface area (Å²) in [6, 6.07) is 24.8. The van der Waals surface area contributed by atoms with E-state index >= 15 is 0 Å². The minimum Gasteiger partial charge on any atom is -0.497 e. The molecule has 3 aromatic carbocycles. The van der Waals surface area contributed by atoms with Crippen LogP contribution in [0.2, 0.25) is 0 Å². The molecule has 57 heavy (non-hydrogen) atoms. The van der Waals surface area contributed by atoms with Crippen LogP contribution in [0.3, 0.4) is 0 Å². The van der Waals surface area contributed by atoms with Crippen molar-refractivity contribution in [1.82, 2.24) is 29.7 Å². The predicted octanol–water partition coefficient (Wildman–Crippen LogP) is 5.40. The molecule has 2 fully saturated rings. The molecule has 13 nitrogen and oxygen atoms in total. The number of ether oxygens (including phenoxy) is 3. The van der Waals surface area contributed by atoms with Crippen molar-refractivity contribution in [3.05, 3.63) is 107 Å². The number of carbonyl (C=O) groups is 1. The van der Waals surface area contributed by atoms with Crippen molar-refractivity contribution in [1.29, 1.82) is 0 Å². The maximum absolute atomic E-state index is 12.9. The number of aryl methyl sites for hydroxylation is 1. The average molecular weight is 770 g/mol. The van der Waals surface area contributed by atoms with Gasteiger partial charge in [-0.25, -0.2) is 15.0 Å². The lowest BCUT2D eigenvalue weighted by Gasteiger charge is -2.32. The molecule has 296 valence electrons. The van der Waals surface area contributed by atoms with Crippen LogP contribution in [0.4, 0.5) is 23.4 Å². The van der Waals surface area contributed by atoms with Gasteiger partial charge in [-0.1, -0.05) is 36.4 Å². The summed E-state index contributed by atoms with van der Waals surface area (Å²) < 4.78 is 16.5. The first-order valence-corrected chi connectivity index (χ1v) is 19.8. The van der Waals surface area contributed by atoms with E-state index in [1.165, 1.54) is 0 Å². The molecule has 0 saturated carbocycles. The van der Waals surface area contributed by atoms with Crippen molar-refractivity contribution in [2.45, 2.75) is 32.4 Å². The number of rotatable bonds is 13. The van der Waals surface area contributed by atoms with Gasteiger partial charge in [-0.2, -0.15) is 4.98 Å². The molecule has 5 aromatic rings. The van der Waals surface area contributed by atoms with Crippen molar-refractivity contribution in [3.8, 4) is 22.8 Å². The number of methoxy groups -OCH3 is 2. The largest absolute Gasteiger partial charge is 0.497 e. The first-order valence-electron chi connectivity index (χ1n) is 19.8. The minimum absolute atomic E-state index is 0.236. The average Bonchev–Trinajstić information content (AvgIpc) is 3.70. The number of morpholine rings is 1. The van der Waals surface area contributed by atoms with E-state index in [2.05, 4.69) is 75.2 Å². The third-order valence-corrected chi connectivity index (χ3v) is 11.1. The molecule has 0 N–H and O–H groups in total. The number of piperazine rings is 1. The van der Waals surface area contributed by atoms with Crippen molar-refractivity contribution >= 4 is 29.3 Å². The van der Waals surface area contributed by atoms with Gasteiger partial charge in [-0.05, 0) is 73.0 Å². The van der Waals surface area contributed by atoms with Crippen molar-refractivity contribution in [3.63, 3.8) is 0 Å². The van der Waals surface area contributed by atoms with E-state index in [9.17, 15) is 4.79 Å². The van der Waals surface area contributed by atoms with Crippen LogP contribution in [0.1, 0.15) is 28.7 Å². The second-order valence-electron chi connectivity index (χ2n) is 14.8. The van der Waals surface area contributed by atoms with Gasteiger partial charge in [-0.3, -0.25) is 4.79 Å². The maximum atomic E-state index is 12.9. The first-order chi connectivity index (χ1) is 27.9. The lowest BCUT2D eigenvalue weighted by Crippen LogP contribution is -2.47. The fourth-order valence-corrected chi connectivity index (χ4v) is 7.65. The number of anilines is 4. The topological polar surface area (TPSA) is 113 Å². The highest BCUT2D eigenvalue weighted by atomic mass is 16.5. The molecule has 1 amide bonds. The molecule has 8 rings (SSSR count). The Kier molecular flexibility index (Phi) is 11.7. The Labute approximate surface area is 334 Å². The van der Waals surface area contributed by atoms with Crippen LogP contribution in [0.25, 0.3) is 11.3 Å². The molecule has 0 aliphatic carbocycles. The van der Waals surface area contributed by atoms with Crippen molar-refractivity contribution in [2.75, 3.05) is 95.0 Å². The minimum atomic E-state index is 0.236. The van der Waals surface area contributed by atoms with Gasteiger partial charge in [0.15, 0.2) is 0 Å². The number of benzene rings is 3. The van der Waals surface area contributed by atoms with Gasteiger partial charge in [0.1, 0.15) is 17.3 Å². The molecule has 0 atom stereocenters. The van der Waals surface area contributed by atoms with Gasteiger partial charge < -0.3 is 38.7 Å². The highest BCUT2D eigenvalue weighted by Crippen LogP contribution is 2.39. The molecule has 0 radical (unpaired) electrons. The Hall–Kier alpha value is -5.79. The van der Waals surface area contributed by atoms with Gasteiger partial charge in [-0.15, -0.1) is 0 Å². The Morgan fingerprint density at radius 1 is 0.737 bits per heavy atom. The Morgan fingerprint density at radius 2 is 1.33 bits per heavy atom. The number of carbonyl (C=O) groups excluding carboxylic acids is 1. The van der Waals surface area contributed by atoms with Crippen LogP contribution in [-0.4, -0.2) is 116 Å². The molecule has 2 saturated heterocycles. The van der Waals surface area contributed by atoms with E-state index < -0.39 is 0 Å². The number of nitrogens with zero attached hydrogens (tertiary/aromatic N) is 9. The van der Waals surface area contributed by atoms with E-state index in [0.29, 0.717) is 44.6 Å². The molecule has 13 heteroatoms. The number of amides is 1. The van der Waals surface area contributed by atoms with Gasteiger partial charge in [0, 0.05) is 94.5 Å². The smallest absolute Gasteiger partial charge is 0.228 e. The number of hydrogen-bond donors (Lipinski definition) is 0. The summed E-state index contributed by atoms with van der Waals surface area (Å²) >= 11 is 0. The highest BCUT2D eigenvalue weighted by molar-refractivity contribution is 5.78. The number of likely N-dealkylation sites (N-methyl/N-ethyl adjacent to an activating group) is 1. The summed E-state index contributed by atoms with van der Waals surface area (Å²) in [5.74, 6) is 4.08. The fraction of sp³-hybridized carbons (Fsp3) is 0.386. The Morgan fingerprint density at radius 3 is 1.93 bits per heavy atom.